The number of hydrogen-bond acceptors (Lipinski definition) is 3. The maximum absolute atomic E-state index is 14.0. The molecule has 3 rings (SSSR count). The van der Waals surface area contributed by atoms with Crippen LogP contribution in [0.5, 0.6) is 0 Å². The van der Waals surface area contributed by atoms with Crippen molar-refractivity contribution in [1.29, 1.82) is 0 Å². The SMILES string of the molecule is Cc1cccc(N2C(=O)c3c(ccc(Cl)c3F)C2O)n1. The summed E-state index contributed by atoms with van der Waals surface area (Å²) in [6.45, 7) is 1.76. The van der Waals surface area contributed by atoms with Crippen molar-refractivity contribution in [1.82, 2.24) is 4.98 Å². The molecule has 1 aliphatic rings. The van der Waals surface area contributed by atoms with Gasteiger partial charge in [-0.25, -0.2) is 9.37 Å². The van der Waals surface area contributed by atoms with Crippen molar-refractivity contribution < 1.29 is 14.3 Å². The number of benzene rings is 1. The van der Waals surface area contributed by atoms with Gasteiger partial charge < -0.3 is 5.11 Å². The third kappa shape index (κ3) is 1.78. The zero-order valence-corrected chi connectivity index (χ0v) is 11.2. The van der Waals surface area contributed by atoms with Crippen LogP contribution >= 0.6 is 11.6 Å². The lowest BCUT2D eigenvalue weighted by Gasteiger charge is -2.19. The Balaban J connectivity index is 2.14. The summed E-state index contributed by atoms with van der Waals surface area (Å²) in [5, 5.41) is 10.1. The fourth-order valence-electron chi connectivity index (χ4n) is 2.26. The Morgan fingerprint density at radius 1 is 1.35 bits per heavy atom. The van der Waals surface area contributed by atoms with Crippen LogP contribution in [0.3, 0.4) is 0 Å². The molecule has 0 bridgehead atoms. The van der Waals surface area contributed by atoms with Crippen molar-refractivity contribution in [3.8, 4) is 0 Å². The molecule has 6 heteroatoms. The van der Waals surface area contributed by atoms with Crippen LogP contribution in [-0.4, -0.2) is 16.0 Å². The largest absolute Gasteiger partial charge is 0.369 e. The van der Waals surface area contributed by atoms with E-state index < -0.39 is 18.0 Å². The van der Waals surface area contributed by atoms with Gasteiger partial charge in [-0.3, -0.25) is 9.69 Å². The Bertz CT molecular complexity index is 720. The molecule has 1 amide bonds. The van der Waals surface area contributed by atoms with E-state index in [1.807, 2.05) is 0 Å². The van der Waals surface area contributed by atoms with Crippen molar-refractivity contribution in [3.05, 3.63) is 58.0 Å². The van der Waals surface area contributed by atoms with Gasteiger partial charge in [-0.15, -0.1) is 0 Å². The molecule has 0 fully saturated rings. The number of carbonyl (C=O) groups is 1. The summed E-state index contributed by atoms with van der Waals surface area (Å²) in [5.74, 6) is -1.19. The highest BCUT2D eigenvalue weighted by atomic mass is 35.5. The Kier molecular flexibility index (Phi) is 2.96. The van der Waals surface area contributed by atoms with Crippen molar-refractivity contribution in [2.75, 3.05) is 4.90 Å². The molecular formula is C14H10ClFN2O2. The standard InChI is InChI=1S/C14H10ClFN2O2/c1-7-3-2-4-10(17-7)18-13(19)8-5-6-9(15)12(16)11(8)14(18)20/h2-6,13,19H,1H3. The van der Waals surface area contributed by atoms with Gasteiger partial charge in [-0.1, -0.05) is 23.7 Å². The van der Waals surface area contributed by atoms with Gasteiger partial charge in [-0.05, 0) is 25.1 Å². The molecule has 2 aromatic rings. The molecular weight excluding hydrogens is 283 g/mol. The van der Waals surface area contributed by atoms with Crippen molar-refractivity contribution in [2.24, 2.45) is 0 Å². The van der Waals surface area contributed by atoms with E-state index in [9.17, 15) is 14.3 Å². The number of amides is 1. The summed E-state index contributed by atoms with van der Waals surface area (Å²) in [7, 11) is 0. The highest BCUT2D eigenvalue weighted by molar-refractivity contribution is 6.31. The van der Waals surface area contributed by atoms with Crippen molar-refractivity contribution in [2.45, 2.75) is 13.2 Å². The van der Waals surface area contributed by atoms with Gasteiger partial charge in [0.2, 0.25) is 0 Å². The molecule has 1 aromatic heterocycles. The van der Waals surface area contributed by atoms with Gasteiger partial charge in [0.25, 0.3) is 5.91 Å². The van der Waals surface area contributed by atoms with Crippen LogP contribution in [-0.2, 0) is 0 Å². The molecule has 0 saturated heterocycles. The van der Waals surface area contributed by atoms with Crippen LogP contribution in [0.25, 0.3) is 0 Å². The Hall–Kier alpha value is -1.98. The minimum absolute atomic E-state index is 0.150. The van der Waals surface area contributed by atoms with E-state index in [4.69, 9.17) is 11.6 Å². The number of carbonyl (C=O) groups excluding carboxylic acids is 1. The first-order valence-electron chi connectivity index (χ1n) is 5.94. The third-order valence-electron chi connectivity index (χ3n) is 3.20. The number of rotatable bonds is 1. The van der Waals surface area contributed by atoms with E-state index in [1.54, 1.807) is 25.1 Å². The quantitative estimate of drug-likeness (QED) is 0.879. The second kappa shape index (κ2) is 4.54. The van der Waals surface area contributed by atoms with Gasteiger partial charge in [0.05, 0.1) is 10.6 Å². The first-order valence-corrected chi connectivity index (χ1v) is 6.31. The Morgan fingerprint density at radius 2 is 2.10 bits per heavy atom. The minimum Gasteiger partial charge on any atom is -0.369 e. The second-order valence-electron chi connectivity index (χ2n) is 4.51. The van der Waals surface area contributed by atoms with E-state index >= 15 is 0 Å². The molecule has 0 spiro atoms. The lowest BCUT2D eigenvalue weighted by Crippen LogP contribution is -2.28. The normalized spacial score (nSPS) is 17.5. The number of hydrogen-bond donors (Lipinski definition) is 1. The summed E-state index contributed by atoms with van der Waals surface area (Å²) in [6, 6.07) is 7.82. The summed E-state index contributed by atoms with van der Waals surface area (Å²) in [6.07, 6.45) is -1.27. The Labute approximate surface area is 119 Å². The zero-order valence-electron chi connectivity index (χ0n) is 10.5. The van der Waals surface area contributed by atoms with Crippen LogP contribution in [0.4, 0.5) is 10.2 Å². The van der Waals surface area contributed by atoms with E-state index in [0.29, 0.717) is 5.69 Å². The molecule has 1 atom stereocenters. The van der Waals surface area contributed by atoms with E-state index in [-0.39, 0.29) is 22.0 Å². The number of aliphatic hydroxyl groups excluding tert-OH is 1. The maximum atomic E-state index is 14.0. The molecule has 0 aliphatic carbocycles. The number of halogens is 2. The highest BCUT2D eigenvalue weighted by Gasteiger charge is 2.40. The first-order chi connectivity index (χ1) is 9.50. The van der Waals surface area contributed by atoms with Crippen LogP contribution in [0.2, 0.25) is 5.02 Å². The third-order valence-corrected chi connectivity index (χ3v) is 3.49. The molecule has 102 valence electrons. The number of anilines is 1. The fourth-order valence-corrected chi connectivity index (χ4v) is 2.42. The number of aromatic nitrogens is 1. The van der Waals surface area contributed by atoms with Crippen LogP contribution in [0.1, 0.15) is 27.8 Å². The molecule has 1 N–H and O–H groups in total. The van der Waals surface area contributed by atoms with Crippen LogP contribution in [0, 0.1) is 12.7 Å². The molecule has 0 radical (unpaired) electrons. The van der Waals surface area contributed by atoms with E-state index in [0.717, 1.165) is 4.90 Å². The average molecular weight is 293 g/mol. The number of fused-ring (bicyclic) bond motifs is 1. The van der Waals surface area contributed by atoms with Gasteiger partial charge in [-0.2, -0.15) is 0 Å². The molecule has 1 aromatic carbocycles. The van der Waals surface area contributed by atoms with Crippen LogP contribution < -0.4 is 4.90 Å². The topological polar surface area (TPSA) is 53.4 Å². The van der Waals surface area contributed by atoms with Gasteiger partial charge in [0.15, 0.2) is 12.0 Å². The number of pyridine rings is 1. The average Bonchev–Trinajstić information content (AvgIpc) is 2.66. The summed E-state index contributed by atoms with van der Waals surface area (Å²) < 4.78 is 14.0. The van der Waals surface area contributed by atoms with Gasteiger partial charge in [0, 0.05) is 11.3 Å². The highest BCUT2D eigenvalue weighted by Crippen LogP contribution is 2.38. The van der Waals surface area contributed by atoms with Crippen molar-refractivity contribution >= 4 is 23.3 Å². The molecule has 20 heavy (non-hydrogen) atoms. The predicted octanol–water partition coefficient (Wildman–Crippen LogP) is 2.83. The van der Waals surface area contributed by atoms with E-state index in [2.05, 4.69) is 4.98 Å². The smallest absolute Gasteiger partial charge is 0.265 e. The lowest BCUT2D eigenvalue weighted by molar-refractivity contribution is 0.0931. The molecule has 1 aliphatic heterocycles. The van der Waals surface area contributed by atoms with E-state index in [1.165, 1.54) is 12.1 Å². The van der Waals surface area contributed by atoms with Crippen LogP contribution in [0.15, 0.2) is 30.3 Å². The second-order valence-corrected chi connectivity index (χ2v) is 4.92. The monoisotopic (exact) mass is 292 g/mol. The lowest BCUT2D eigenvalue weighted by atomic mass is 10.1. The van der Waals surface area contributed by atoms with Gasteiger partial charge >= 0.3 is 0 Å². The fraction of sp³-hybridized carbons (Fsp3) is 0.143. The number of aryl methyl sites for hydroxylation is 1. The molecule has 4 nitrogen and oxygen atoms in total. The number of nitrogens with zero attached hydrogens (tertiary/aromatic N) is 2. The minimum atomic E-state index is -1.27. The molecule has 2 heterocycles. The summed E-state index contributed by atoms with van der Waals surface area (Å²) >= 11 is 5.68. The molecule has 1 unspecified atom stereocenters. The first kappa shape index (κ1) is 13.0. The number of aliphatic hydroxyl groups is 1. The van der Waals surface area contributed by atoms with Gasteiger partial charge in [0.1, 0.15) is 5.82 Å². The maximum Gasteiger partial charge on any atom is 0.265 e. The zero-order chi connectivity index (χ0) is 14.4. The van der Waals surface area contributed by atoms with Crippen molar-refractivity contribution in [3.63, 3.8) is 0 Å². The molecule has 0 saturated carbocycles. The predicted molar refractivity (Wildman–Crippen MR) is 72.2 cm³/mol. The summed E-state index contributed by atoms with van der Waals surface area (Å²) in [4.78, 5) is 17.6. The summed E-state index contributed by atoms with van der Waals surface area (Å²) in [5.41, 5.74) is 0.686. The Morgan fingerprint density at radius 3 is 2.80 bits per heavy atom.